The third-order valence-corrected chi connectivity index (χ3v) is 3.42. The van der Waals surface area contributed by atoms with Crippen molar-refractivity contribution in [2.24, 2.45) is 0 Å². The second-order valence-electron chi connectivity index (χ2n) is 4.31. The highest BCUT2D eigenvalue weighted by Gasteiger charge is 2.13. The molecule has 1 saturated heterocycles. The molecule has 0 radical (unpaired) electrons. The second kappa shape index (κ2) is 5.53. The lowest BCUT2D eigenvalue weighted by molar-refractivity contribution is 0.625. The number of alkyl halides is 1. The van der Waals surface area contributed by atoms with Crippen LogP contribution in [-0.2, 0) is 5.88 Å². The lowest BCUT2D eigenvalue weighted by atomic mass is 10.1. The molecule has 0 spiro atoms. The Labute approximate surface area is 101 Å². The van der Waals surface area contributed by atoms with Crippen molar-refractivity contribution in [3.8, 4) is 0 Å². The predicted octanol–water partition coefficient (Wildman–Crippen LogP) is 3.94. The van der Waals surface area contributed by atoms with Crippen molar-refractivity contribution in [1.29, 1.82) is 0 Å². The highest BCUT2D eigenvalue weighted by atomic mass is 35.5. The number of hydrogen-bond acceptors (Lipinski definition) is 1. The van der Waals surface area contributed by atoms with Crippen LogP contribution in [0, 0.1) is 5.82 Å². The van der Waals surface area contributed by atoms with Crippen molar-refractivity contribution in [3.63, 3.8) is 0 Å². The number of nitrogens with zero attached hydrogens (tertiary/aromatic N) is 1. The fourth-order valence-corrected chi connectivity index (χ4v) is 2.50. The van der Waals surface area contributed by atoms with E-state index in [1.807, 2.05) is 6.07 Å². The molecule has 0 amide bonds. The van der Waals surface area contributed by atoms with Gasteiger partial charge in [0.05, 0.1) is 0 Å². The summed E-state index contributed by atoms with van der Waals surface area (Å²) in [6.07, 6.45) is 5.04. The zero-order chi connectivity index (χ0) is 11.4. The Morgan fingerprint density at radius 3 is 2.44 bits per heavy atom. The van der Waals surface area contributed by atoms with Crippen molar-refractivity contribution in [3.05, 3.63) is 29.6 Å². The van der Waals surface area contributed by atoms with Gasteiger partial charge >= 0.3 is 0 Å². The Kier molecular flexibility index (Phi) is 4.05. The smallest absolute Gasteiger partial charge is 0.123 e. The van der Waals surface area contributed by atoms with Gasteiger partial charge in [-0.05, 0) is 36.6 Å². The van der Waals surface area contributed by atoms with Crippen molar-refractivity contribution >= 4 is 17.3 Å². The molecule has 16 heavy (non-hydrogen) atoms. The molecule has 0 N–H and O–H groups in total. The molecule has 3 heteroatoms. The maximum atomic E-state index is 13.1. The molecule has 2 rings (SSSR count). The number of rotatable bonds is 2. The molecule has 1 aromatic carbocycles. The fraction of sp³-hybridized carbons (Fsp3) is 0.538. The maximum absolute atomic E-state index is 13.1. The number of halogens is 2. The van der Waals surface area contributed by atoms with E-state index in [0.29, 0.717) is 5.88 Å². The van der Waals surface area contributed by atoms with Crippen LogP contribution in [0.1, 0.15) is 31.2 Å². The van der Waals surface area contributed by atoms with Crippen molar-refractivity contribution < 1.29 is 4.39 Å². The summed E-state index contributed by atoms with van der Waals surface area (Å²) in [6.45, 7) is 2.13. The van der Waals surface area contributed by atoms with Crippen LogP contribution >= 0.6 is 11.6 Å². The molecule has 1 aliphatic heterocycles. The summed E-state index contributed by atoms with van der Waals surface area (Å²) >= 11 is 5.87. The molecule has 1 aliphatic rings. The molecular weight excluding hydrogens is 225 g/mol. The van der Waals surface area contributed by atoms with Crippen LogP contribution in [0.15, 0.2) is 18.2 Å². The van der Waals surface area contributed by atoms with E-state index in [1.165, 1.54) is 31.7 Å². The van der Waals surface area contributed by atoms with Crippen LogP contribution in [0.25, 0.3) is 0 Å². The first-order chi connectivity index (χ1) is 7.81. The predicted molar refractivity (Wildman–Crippen MR) is 66.6 cm³/mol. The molecule has 88 valence electrons. The quantitative estimate of drug-likeness (QED) is 0.709. The monoisotopic (exact) mass is 241 g/mol. The third-order valence-electron chi connectivity index (χ3n) is 3.13. The minimum Gasteiger partial charge on any atom is -0.371 e. The van der Waals surface area contributed by atoms with Gasteiger partial charge in [-0.25, -0.2) is 4.39 Å². The van der Waals surface area contributed by atoms with E-state index in [1.54, 1.807) is 6.07 Å². The molecule has 1 fully saturated rings. The molecule has 0 bridgehead atoms. The summed E-state index contributed by atoms with van der Waals surface area (Å²) in [6, 6.07) is 4.93. The van der Waals surface area contributed by atoms with E-state index in [9.17, 15) is 4.39 Å². The number of hydrogen-bond donors (Lipinski definition) is 0. The topological polar surface area (TPSA) is 3.24 Å². The van der Waals surface area contributed by atoms with Gasteiger partial charge in [0, 0.05) is 24.7 Å². The van der Waals surface area contributed by atoms with E-state index >= 15 is 0 Å². The third kappa shape index (κ3) is 2.67. The van der Waals surface area contributed by atoms with Crippen LogP contribution in [0.5, 0.6) is 0 Å². The summed E-state index contributed by atoms with van der Waals surface area (Å²) in [7, 11) is 0. The van der Waals surface area contributed by atoms with Gasteiger partial charge in [-0.3, -0.25) is 0 Å². The van der Waals surface area contributed by atoms with E-state index < -0.39 is 0 Å². The van der Waals surface area contributed by atoms with Gasteiger partial charge in [0.2, 0.25) is 0 Å². The van der Waals surface area contributed by atoms with Crippen molar-refractivity contribution in [2.45, 2.75) is 31.6 Å². The Morgan fingerprint density at radius 2 is 1.81 bits per heavy atom. The summed E-state index contributed by atoms with van der Waals surface area (Å²) in [5, 5.41) is 0. The highest BCUT2D eigenvalue weighted by Crippen LogP contribution is 2.25. The van der Waals surface area contributed by atoms with Gasteiger partial charge in [-0.2, -0.15) is 0 Å². The summed E-state index contributed by atoms with van der Waals surface area (Å²) < 4.78 is 13.1. The largest absolute Gasteiger partial charge is 0.371 e. The van der Waals surface area contributed by atoms with Crippen LogP contribution in [-0.4, -0.2) is 13.1 Å². The molecule has 0 saturated carbocycles. The zero-order valence-corrected chi connectivity index (χ0v) is 10.1. The Hall–Kier alpha value is -0.760. The van der Waals surface area contributed by atoms with E-state index in [0.717, 1.165) is 24.3 Å². The van der Waals surface area contributed by atoms with E-state index in [2.05, 4.69) is 4.90 Å². The number of anilines is 1. The average Bonchev–Trinajstić information content (AvgIpc) is 2.57. The Morgan fingerprint density at radius 1 is 1.12 bits per heavy atom. The van der Waals surface area contributed by atoms with Crippen molar-refractivity contribution in [2.75, 3.05) is 18.0 Å². The fourth-order valence-electron chi connectivity index (χ4n) is 2.28. The Bertz CT molecular complexity index is 346. The van der Waals surface area contributed by atoms with Gasteiger partial charge in [0.1, 0.15) is 5.82 Å². The van der Waals surface area contributed by atoms with Gasteiger partial charge in [0.15, 0.2) is 0 Å². The minimum absolute atomic E-state index is 0.200. The molecular formula is C13H17ClFN. The normalized spacial score (nSPS) is 17.2. The lowest BCUT2D eigenvalue weighted by Crippen LogP contribution is -2.24. The van der Waals surface area contributed by atoms with Crippen LogP contribution < -0.4 is 4.90 Å². The summed E-state index contributed by atoms with van der Waals surface area (Å²) in [5.74, 6) is 0.179. The van der Waals surface area contributed by atoms with Crippen LogP contribution in [0.4, 0.5) is 10.1 Å². The van der Waals surface area contributed by atoms with Gasteiger partial charge in [-0.1, -0.05) is 12.8 Å². The molecule has 1 heterocycles. The van der Waals surface area contributed by atoms with E-state index in [4.69, 9.17) is 11.6 Å². The first-order valence-electron chi connectivity index (χ1n) is 5.90. The SMILES string of the molecule is Fc1ccc(N2CCCCCC2)c(CCl)c1. The van der Waals surface area contributed by atoms with Gasteiger partial charge in [-0.15, -0.1) is 11.6 Å². The van der Waals surface area contributed by atoms with Gasteiger partial charge in [0.25, 0.3) is 0 Å². The molecule has 0 unspecified atom stereocenters. The van der Waals surface area contributed by atoms with Gasteiger partial charge < -0.3 is 4.90 Å². The van der Waals surface area contributed by atoms with E-state index in [-0.39, 0.29) is 5.82 Å². The molecule has 0 aromatic heterocycles. The first kappa shape index (κ1) is 11.7. The summed E-state index contributed by atoms with van der Waals surface area (Å²) in [4.78, 5) is 2.34. The lowest BCUT2D eigenvalue weighted by Gasteiger charge is -2.25. The summed E-state index contributed by atoms with van der Waals surface area (Å²) in [5.41, 5.74) is 2.02. The zero-order valence-electron chi connectivity index (χ0n) is 9.38. The molecule has 1 nitrogen and oxygen atoms in total. The van der Waals surface area contributed by atoms with Crippen LogP contribution in [0.3, 0.4) is 0 Å². The Balaban J connectivity index is 2.23. The highest BCUT2D eigenvalue weighted by molar-refractivity contribution is 6.17. The maximum Gasteiger partial charge on any atom is 0.123 e. The minimum atomic E-state index is -0.200. The molecule has 1 aromatic rings. The standard InChI is InChI=1S/C13H17ClFN/c14-10-11-9-12(15)5-6-13(11)16-7-3-1-2-4-8-16/h5-6,9H,1-4,7-8,10H2. The first-order valence-corrected chi connectivity index (χ1v) is 6.44. The average molecular weight is 242 g/mol. The second-order valence-corrected chi connectivity index (χ2v) is 4.58. The van der Waals surface area contributed by atoms with Crippen molar-refractivity contribution in [1.82, 2.24) is 0 Å². The number of benzene rings is 1. The molecule has 0 atom stereocenters. The van der Waals surface area contributed by atoms with Crippen LogP contribution in [0.2, 0.25) is 0 Å². The molecule has 0 aliphatic carbocycles.